The van der Waals surface area contributed by atoms with Gasteiger partial charge in [-0.25, -0.2) is 9.97 Å². The number of nitrogens with zero attached hydrogens (tertiary/aromatic N) is 4. The zero-order valence-corrected chi connectivity index (χ0v) is 15.4. The predicted octanol–water partition coefficient (Wildman–Crippen LogP) is 3.77. The van der Waals surface area contributed by atoms with E-state index in [1.165, 1.54) is 6.33 Å². The summed E-state index contributed by atoms with van der Waals surface area (Å²) in [5.74, 6) is 0.434. The first kappa shape index (κ1) is 17.7. The number of hydrogen-bond donors (Lipinski definition) is 2. The van der Waals surface area contributed by atoms with Crippen molar-refractivity contribution in [2.24, 2.45) is 0 Å². The summed E-state index contributed by atoms with van der Waals surface area (Å²) in [4.78, 5) is 21.0. The van der Waals surface area contributed by atoms with E-state index in [-0.39, 0.29) is 5.91 Å². The number of benzene rings is 2. The number of carbonyl (C=O) groups excluding carboxylic acids is 1. The smallest absolute Gasteiger partial charge is 0.255 e. The number of rotatable bonds is 5. The Labute approximate surface area is 164 Å². The van der Waals surface area contributed by atoms with Crippen LogP contribution in [-0.2, 0) is 5.75 Å². The van der Waals surface area contributed by atoms with E-state index < -0.39 is 0 Å². The molecule has 0 radical (unpaired) electrons. The molecule has 4 rings (SSSR count). The van der Waals surface area contributed by atoms with Crippen molar-refractivity contribution in [2.45, 2.75) is 10.8 Å². The number of nitrogens with one attached hydrogen (secondary N) is 2. The number of anilines is 1. The summed E-state index contributed by atoms with van der Waals surface area (Å²) in [6.45, 7) is 0. The molecule has 4 aromatic rings. The van der Waals surface area contributed by atoms with Gasteiger partial charge >= 0.3 is 0 Å². The lowest BCUT2D eigenvalue weighted by atomic mass is 10.1. The van der Waals surface area contributed by atoms with Gasteiger partial charge < -0.3 is 5.32 Å². The average Bonchev–Trinajstić information content (AvgIpc) is 3.22. The number of H-pyrrole nitrogens is 1. The standard InChI is InChI=1S/C20H14N6OS/c21-9-13-3-2-6-16(8-13)25-19(27)15-5-1-4-14(7-15)11-28-20-17-10-24-26-18(17)22-12-23-20/h1-8,10,12H,11H2,(H,25,27)(H,22,23,24,26). The van der Waals surface area contributed by atoms with Crippen LogP contribution in [0.25, 0.3) is 11.0 Å². The number of hydrogen-bond acceptors (Lipinski definition) is 6. The fourth-order valence-electron chi connectivity index (χ4n) is 2.68. The molecular weight excluding hydrogens is 372 g/mol. The first-order chi connectivity index (χ1) is 13.7. The second-order valence-corrected chi connectivity index (χ2v) is 6.91. The Hall–Kier alpha value is -3.70. The highest BCUT2D eigenvalue weighted by atomic mass is 32.2. The first-order valence-electron chi connectivity index (χ1n) is 8.40. The molecule has 7 nitrogen and oxygen atoms in total. The van der Waals surface area contributed by atoms with Gasteiger partial charge in [0.25, 0.3) is 5.91 Å². The molecule has 0 atom stereocenters. The van der Waals surface area contributed by atoms with Gasteiger partial charge in [-0.3, -0.25) is 9.89 Å². The minimum Gasteiger partial charge on any atom is -0.322 e. The van der Waals surface area contributed by atoms with E-state index in [0.29, 0.717) is 28.2 Å². The molecule has 1 amide bonds. The fraction of sp³-hybridized carbons (Fsp3) is 0.0500. The van der Waals surface area contributed by atoms with E-state index in [9.17, 15) is 4.79 Å². The quantitative estimate of drug-likeness (QED) is 0.399. The molecule has 136 valence electrons. The molecule has 0 aliphatic heterocycles. The van der Waals surface area contributed by atoms with Gasteiger partial charge in [-0.05, 0) is 35.9 Å². The van der Waals surface area contributed by atoms with Crippen molar-refractivity contribution < 1.29 is 4.79 Å². The van der Waals surface area contributed by atoms with E-state index in [1.807, 2.05) is 18.2 Å². The number of aromatic nitrogens is 4. The third kappa shape index (κ3) is 3.84. The molecule has 0 aliphatic rings. The Morgan fingerprint density at radius 3 is 2.96 bits per heavy atom. The Balaban J connectivity index is 1.47. The summed E-state index contributed by atoms with van der Waals surface area (Å²) in [7, 11) is 0. The number of thioether (sulfide) groups is 1. The number of amides is 1. The fourth-order valence-corrected chi connectivity index (χ4v) is 3.59. The number of carbonyl (C=O) groups is 1. The largest absolute Gasteiger partial charge is 0.322 e. The van der Waals surface area contributed by atoms with Crippen LogP contribution in [0.2, 0.25) is 0 Å². The van der Waals surface area contributed by atoms with Crippen LogP contribution in [0.15, 0.2) is 66.1 Å². The second kappa shape index (κ2) is 7.90. The van der Waals surface area contributed by atoms with E-state index in [0.717, 1.165) is 16.0 Å². The molecule has 2 heterocycles. The third-order valence-electron chi connectivity index (χ3n) is 4.03. The van der Waals surface area contributed by atoms with E-state index >= 15 is 0 Å². The van der Waals surface area contributed by atoms with Crippen molar-refractivity contribution in [2.75, 3.05) is 5.32 Å². The van der Waals surface area contributed by atoms with Gasteiger partial charge in [0.1, 0.15) is 11.4 Å². The maximum atomic E-state index is 12.5. The molecule has 0 bridgehead atoms. The third-order valence-corrected chi connectivity index (χ3v) is 5.10. The summed E-state index contributed by atoms with van der Waals surface area (Å²) >= 11 is 1.56. The highest BCUT2D eigenvalue weighted by molar-refractivity contribution is 7.98. The molecule has 2 aromatic carbocycles. The van der Waals surface area contributed by atoms with Crippen molar-refractivity contribution in [3.8, 4) is 6.07 Å². The number of aromatic amines is 1. The lowest BCUT2D eigenvalue weighted by Crippen LogP contribution is -2.12. The van der Waals surface area contributed by atoms with Crippen LogP contribution >= 0.6 is 11.8 Å². The van der Waals surface area contributed by atoms with Crippen molar-refractivity contribution in [1.29, 1.82) is 5.26 Å². The Kier molecular flexibility index (Phi) is 4.99. The zero-order chi connectivity index (χ0) is 19.3. The van der Waals surface area contributed by atoms with Crippen LogP contribution in [0.1, 0.15) is 21.5 Å². The van der Waals surface area contributed by atoms with Crippen LogP contribution < -0.4 is 5.32 Å². The summed E-state index contributed by atoms with van der Waals surface area (Å²) in [6.07, 6.45) is 3.21. The van der Waals surface area contributed by atoms with Gasteiger partial charge in [0.15, 0.2) is 5.65 Å². The van der Waals surface area contributed by atoms with E-state index in [4.69, 9.17) is 5.26 Å². The average molecular weight is 386 g/mol. The van der Waals surface area contributed by atoms with Crippen molar-refractivity contribution in [1.82, 2.24) is 20.2 Å². The number of fused-ring (bicyclic) bond motifs is 1. The summed E-state index contributed by atoms with van der Waals surface area (Å²) in [6, 6.07) is 16.3. The van der Waals surface area contributed by atoms with Gasteiger partial charge in [-0.2, -0.15) is 10.4 Å². The van der Waals surface area contributed by atoms with Crippen molar-refractivity contribution in [3.05, 3.63) is 77.7 Å². The van der Waals surface area contributed by atoms with Crippen molar-refractivity contribution in [3.63, 3.8) is 0 Å². The molecule has 0 fully saturated rings. The molecule has 0 aliphatic carbocycles. The Morgan fingerprint density at radius 2 is 2.07 bits per heavy atom. The molecule has 28 heavy (non-hydrogen) atoms. The van der Waals surface area contributed by atoms with Crippen LogP contribution in [0.5, 0.6) is 0 Å². The lowest BCUT2D eigenvalue weighted by molar-refractivity contribution is 0.102. The molecular formula is C20H14N6OS. The van der Waals surface area contributed by atoms with Gasteiger partial charge in [0, 0.05) is 17.0 Å². The van der Waals surface area contributed by atoms with Crippen LogP contribution in [-0.4, -0.2) is 26.1 Å². The highest BCUT2D eigenvalue weighted by Crippen LogP contribution is 2.26. The van der Waals surface area contributed by atoms with Crippen molar-refractivity contribution >= 4 is 34.4 Å². The molecule has 0 saturated heterocycles. The van der Waals surface area contributed by atoms with Gasteiger partial charge in [0.2, 0.25) is 0 Å². The second-order valence-electron chi connectivity index (χ2n) is 5.95. The zero-order valence-electron chi connectivity index (χ0n) is 14.6. The van der Waals surface area contributed by atoms with Crippen LogP contribution in [0.4, 0.5) is 5.69 Å². The SMILES string of the molecule is N#Cc1cccc(NC(=O)c2cccc(CSc3ncnc4[nH]ncc34)c2)c1. The summed E-state index contributed by atoms with van der Waals surface area (Å²) < 4.78 is 0. The molecule has 0 spiro atoms. The lowest BCUT2D eigenvalue weighted by Gasteiger charge is -2.07. The highest BCUT2D eigenvalue weighted by Gasteiger charge is 2.10. The minimum absolute atomic E-state index is 0.221. The first-order valence-corrected chi connectivity index (χ1v) is 9.39. The maximum absolute atomic E-state index is 12.5. The predicted molar refractivity (Wildman–Crippen MR) is 107 cm³/mol. The molecule has 2 N–H and O–H groups in total. The Morgan fingerprint density at radius 1 is 1.18 bits per heavy atom. The Bertz CT molecular complexity index is 1200. The topological polar surface area (TPSA) is 107 Å². The molecule has 0 saturated carbocycles. The van der Waals surface area contributed by atoms with E-state index in [1.54, 1.807) is 48.3 Å². The molecule has 0 unspecified atom stereocenters. The summed E-state index contributed by atoms with van der Waals surface area (Å²) in [5.41, 5.74) is 3.34. The van der Waals surface area contributed by atoms with Gasteiger partial charge in [-0.15, -0.1) is 11.8 Å². The van der Waals surface area contributed by atoms with Crippen LogP contribution in [0.3, 0.4) is 0 Å². The van der Waals surface area contributed by atoms with E-state index in [2.05, 4.69) is 31.6 Å². The van der Waals surface area contributed by atoms with Crippen LogP contribution in [0, 0.1) is 11.3 Å². The van der Waals surface area contributed by atoms with Gasteiger partial charge in [0.05, 0.1) is 23.2 Å². The normalized spacial score (nSPS) is 10.5. The van der Waals surface area contributed by atoms with Gasteiger partial charge in [-0.1, -0.05) is 18.2 Å². The monoisotopic (exact) mass is 386 g/mol. The maximum Gasteiger partial charge on any atom is 0.255 e. The molecule has 8 heteroatoms. The molecule has 2 aromatic heterocycles. The minimum atomic E-state index is -0.221. The summed E-state index contributed by atoms with van der Waals surface area (Å²) in [5, 5.41) is 20.3. The number of nitriles is 1.